The van der Waals surface area contributed by atoms with E-state index in [-0.39, 0.29) is 0 Å². The van der Waals surface area contributed by atoms with Crippen LogP contribution < -0.4 is 0 Å². The first kappa shape index (κ1) is 14.7. The van der Waals surface area contributed by atoms with Crippen molar-refractivity contribution in [2.75, 3.05) is 17.4 Å². The summed E-state index contributed by atoms with van der Waals surface area (Å²) in [7, 11) is 0. The molecule has 0 bridgehead atoms. The summed E-state index contributed by atoms with van der Waals surface area (Å²) < 4.78 is 2.29. The quantitative estimate of drug-likeness (QED) is 0.804. The SMILES string of the molecule is N#Cc1cccc2c1nc(CCCl)n2CC1CCSCC1. The number of rotatable bonds is 4. The van der Waals surface area contributed by atoms with Gasteiger partial charge in [-0.15, -0.1) is 11.6 Å². The topological polar surface area (TPSA) is 41.6 Å². The Kier molecular flexibility index (Phi) is 4.72. The van der Waals surface area contributed by atoms with Crippen molar-refractivity contribution >= 4 is 34.4 Å². The molecule has 0 amide bonds. The first-order valence-corrected chi connectivity index (χ1v) is 9.04. The van der Waals surface area contributed by atoms with Crippen LogP contribution in [0, 0.1) is 17.2 Å². The molecule has 110 valence electrons. The Bertz CT molecular complexity index is 668. The molecule has 1 fully saturated rings. The lowest BCUT2D eigenvalue weighted by atomic mass is 10.0. The summed E-state index contributed by atoms with van der Waals surface area (Å²) in [5, 5.41) is 9.26. The maximum Gasteiger partial charge on any atom is 0.111 e. The van der Waals surface area contributed by atoms with E-state index in [0.717, 1.165) is 29.8 Å². The zero-order valence-corrected chi connectivity index (χ0v) is 13.5. The van der Waals surface area contributed by atoms with E-state index in [1.54, 1.807) is 0 Å². The summed E-state index contributed by atoms with van der Waals surface area (Å²) in [6.45, 7) is 0.998. The van der Waals surface area contributed by atoms with E-state index >= 15 is 0 Å². The molecule has 0 radical (unpaired) electrons. The van der Waals surface area contributed by atoms with Gasteiger partial charge in [-0.3, -0.25) is 0 Å². The molecular formula is C16H18ClN3S. The number of hydrogen-bond donors (Lipinski definition) is 0. The van der Waals surface area contributed by atoms with Crippen LogP contribution in [0.5, 0.6) is 0 Å². The Morgan fingerprint density at radius 2 is 2.19 bits per heavy atom. The second-order valence-electron chi connectivity index (χ2n) is 5.42. The largest absolute Gasteiger partial charge is 0.328 e. The Morgan fingerprint density at radius 1 is 1.38 bits per heavy atom. The van der Waals surface area contributed by atoms with Crippen LogP contribution in [0.3, 0.4) is 0 Å². The van der Waals surface area contributed by atoms with Gasteiger partial charge in [-0.05, 0) is 42.4 Å². The second-order valence-corrected chi connectivity index (χ2v) is 7.02. The molecule has 3 nitrogen and oxygen atoms in total. The highest BCUT2D eigenvalue weighted by molar-refractivity contribution is 7.99. The number of alkyl halides is 1. The standard InChI is InChI=1S/C16H18ClN3S/c17-7-4-15-19-16-13(10-18)2-1-3-14(16)20(15)11-12-5-8-21-9-6-12/h1-3,12H,4-9,11H2. The minimum atomic E-state index is 0.561. The molecule has 1 aliphatic rings. The maximum absolute atomic E-state index is 9.26. The smallest absolute Gasteiger partial charge is 0.111 e. The van der Waals surface area contributed by atoms with Crippen molar-refractivity contribution in [3.05, 3.63) is 29.6 Å². The number of para-hydroxylation sites is 1. The second kappa shape index (κ2) is 6.72. The summed E-state index contributed by atoms with van der Waals surface area (Å²) in [4.78, 5) is 4.69. The van der Waals surface area contributed by atoms with Crippen LogP contribution in [-0.2, 0) is 13.0 Å². The molecule has 1 aromatic heterocycles. The fourth-order valence-electron chi connectivity index (χ4n) is 2.95. The fraction of sp³-hybridized carbons (Fsp3) is 0.500. The predicted octanol–water partition coefficient (Wildman–Crippen LogP) is 3.83. The monoisotopic (exact) mass is 319 g/mol. The van der Waals surface area contributed by atoms with Gasteiger partial charge in [0.05, 0.1) is 11.1 Å². The number of nitrogens with zero attached hydrogens (tertiary/aromatic N) is 3. The van der Waals surface area contributed by atoms with Crippen molar-refractivity contribution in [3.8, 4) is 6.07 Å². The number of hydrogen-bond acceptors (Lipinski definition) is 3. The molecule has 0 atom stereocenters. The average Bonchev–Trinajstić information content (AvgIpc) is 2.87. The lowest BCUT2D eigenvalue weighted by Gasteiger charge is -2.23. The molecular weight excluding hydrogens is 302 g/mol. The molecule has 0 aliphatic carbocycles. The Balaban J connectivity index is 2.01. The third-order valence-electron chi connectivity index (χ3n) is 4.08. The number of imidazole rings is 1. The Labute approximate surface area is 134 Å². The molecule has 5 heteroatoms. The zero-order valence-electron chi connectivity index (χ0n) is 11.9. The maximum atomic E-state index is 9.26. The van der Waals surface area contributed by atoms with E-state index in [1.165, 1.54) is 24.3 Å². The van der Waals surface area contributed by atoms with Gasteiger partial charge >= 0.3 is 0 Å². The van der Waals surface area contributed by atoms with Gasteiger partial charge in [0.1, 0.15) is 17.4 Å². The van der Waals surface area contributed by atoms with Crippen LogP contribution in [0.2, 0.25) is 0 Å². The van der Waals surface area contributed by atoms with E-state index in [1.807, 2.05) is 23.9 Å². The molecule has 0 N–H and O–H groups in total. The van der Waals surface area contributed by atoms with Crippen molar-refractivity contribution in [1.82, 2.24) is 9.55 Å². The predicted molar refractivity (Wildman–Crippen MR) is 88.9 cm³/mol. The van der Waals surface area contributed by atoms with Crippen LogP contribution in [-0.4, -0.2) is 26.9 Å². The van der Waals surface area contributed by atoms with Gasteiger partial charge in [0.2, 0.25) is 0 Å². The molecule has 0 spiro atoms. The molecule has 2 aromatic rings. The molecule has 1 aromatic carbocycles. The fourth-order valence-corrected chi connectivity index (χ4v) is 4.32. The average molecular weight is 320 g/mol. The molecule has 3 rings (SSSR count). The van der Waals surface area contributed by atoms with Crippen LogP contribution in [0.1, 0.15) is 24.2 Å². The summed E-state index contributed by atoms with van der Waals surface area (Å²) in [6.07, 6.45) is 3.29. The number of fused-ring (bicyclic) bond motifs is 1. The first-order valence-electron chi connectivity index (χ1n) is 7.35. The molecule has 0 unspecified atom stereocenters. The highest BCUT2D eigenvalue weighted by atomic mass is 35.5. The molecule has 21 heavy (non-hydrogen) atoms. The van der Waals surface area contributed by atoms with Crippen molar-refractivity contribution in [3.63, 3.8) is 0 Å². The summed E-state index contributed by atoms with van der Waals surface area (Å²) in [6, 6.07) is 8.09. The van der Waals surface area contributed by atoms with Gasteiger partial charge in [-0.2, -0.15) is 17.0 Å². The minimum absolute atomic E-state index is 0.561. The van der Waals surface area contributed by atoms with Crippen LogP contribution >= 0.6 is 23.4 Å². The third-order valence-corrected chi connectivity index (χ3v) is 5.32. The number of halogens is 1. The zero-order chi connectivity index (χ0) is 14.7. The van der Waals surface area contributed by atoms with E-state index in [0.29, 0.717) is 17.4 Å². The van der Waals surface area contributed by atoms with Crippen LogP contribution in [0.4, 0.5) is 0 Å². The Morgan fingerprint density at radius 3 is 2.90 bits per heavy atom. The number of thioether (sulfide) groups is 1. The van der Waals surface area contributed by atoms with E-state index in [4.69, 9.17) is 11.6 Å². The third kappa shape index (κ3) is 3.04. The van der Waals surface area contributed by atoms with Gasteiger partial charge in [-0.25, -0.2) is 4.98 Å². The summed E-state index contributed by atoms with van der Waals surface area (Å²) in [5.41, 5.74) is 2.55. The van der Waals surface area contributed by atoms with Gasteiger partial charge in [0.25, 0.3) is 0 Å². The number of aromatic nitrogens is 2. The van der Waals surface area contributed by atoms with E-state index in [9.17, 15) is 5.26 Å². The van der Waals surface area contributed by atoms with Gasteiger partial charge in [0.15, 0.2) is 0 Å². The van der Waals surface area contributed by atoms with Gasteiger partial charge < -0.3 is 4.57 Å². The van der Waals surface area contributed by atoms with Gasteiger partial charge in [0, 0.05) is 18.8 Å². The van der Waals surface area contributed by atoms with E-state index < -0.39 is 0 Å². The number of benzene rings is 1. The molecule has 1 saturated heterocycles. The van der Waals surface area contributed by atoms with Crippen molar-refractivity contribution in [2.24, 2.45) is 5.92 Å². The van der Waals surface area contributed by atoms with Gasteiger partial charge in [-0.1, -0.05) is 6.07 Å². The molecule has 2 heterocycles. The molecule has 1 aliphatic heterocycles. The summed E-state index contributed by atoms with van der Waals surface area (Å²) in [5.74, 6) is 4.80. The molecule has 0 saturated carbocycles. The number of nitriles is 1. The van der Waals surface area contributed by atoms with Crippen LogP contribution in [0.25, 0.3) is 11.0 Å². The first-order chi connectivity index (χ1) is 10.3. The Hall–Kier alpha value is -1.18. The van der Waals surface area contributed by atoms with Crippen LogP contribution in [0.15, 0.2) is 18.2 Å². The lowest BCUT2D eigenvalue weighted by Crippen LogP contribution is -2.18. The minimum Gasteiger partial charge on any atom is -0.328 e. The highest BCUT2D eigenvalue weighted by Gasteiger charge is 2.19. The highest BCUT2D eigenvalue weighted by Crippen LogP contribution is 2.27. The van der Waals surface area contributed by atoms with Crippen molar-refractivity contribution in [2.45, 2.75) is 25.8 Å². The van der Waals surface area contributed by atoms with Crippen molar-refractivity contribution < 1.29 is 0 Å². The number of aryl methyl sites for hydroxylation is 1. The van der Waals surface area contributed by atoms with E-state index in [2.05, 4.69) is 21.7 Å². The normalized spacial score (nSPS) is 16.2. The summed E-state index contributed by atoms with van der Waals surface area (Å²) >= 11 is 7.98. The lowest BCUT2D eigenvalue weighted by molar-refractivity contribution is 0.416. The van der Waals surface area contributed by atoms with Crippen molar-refractivity contribution in [1.29, 1.82) is 5.26 Å².